The van der Waals surface area contributed by atoms with Crippen molar-refractivity contribution in [3.63, 3.8) is 0 Å². The van der Waals surface area contributed by atoms with E-state index < -0.39 is 55.9 Å². The lowest BCUT2D eigenvalue weighted by molar-refractivity contribution is -0.180. The lowest BCUT2D eigenvalue weighted by Gasteiger charge is -2.27. The van der Waals surface area contributed by atoms with Gasteiger partial charge in [0.15, 0.2) is 11.6 Å². The third kappa shape index (κ3) is 31.1. The summed E-state index contributed by atoms with van der Waals surface area (Å²) in [5, 5.41) is 4.18. The Labute approximate surface area is 520 Å². The number of nitrogens with two attached hydrogens (primary N) is 1. The molecule has 1 aromatic heterocycles. The highest BCUT2D eigenvalue weighted by Gasteiger charge is 2.40. The van der Waals surface area contributed by atoms with Crippen LogP contribution < -0.4 is 15.8 Å². The van der Waals surface area contributed by atoms with Gasteiger partial charge in [-0.25, -0.2) is 33.0 Å². The maximum atomic E-state index is 14.2. The van der Waals surface area contributed by atoms with Gasteiger partial charge in [0.25, 0.3) is 5.91 Å². The number of fused-ring (bicyclic) bond motifs is 1. The van der Waals surface area contributed by atoms with Crippen LogP contribution in [0.5, 0.6) is 5.75 Å². The number of nitrogens with zero attached hydrogens (tertiary/aromatic N) is 4. The van der Waals surface area contributed by atoms with Crippen LogP contribution in [0.1, 0.15) is 50.9 Å². The van der Waals surface area contributed by atoms with Crippen LogP contribution in [0, 0.1) is 23.3 Å². The first kappa shape index (κ1) is 76.8. The summed E-state index contributed by atoms with van der Waals surface area (Å²) in [5.41, 5.74) is 9.68. The van der Waals surface area contributed by atoms with Crippen molar-refractivity contribution in [3.8, 4) is 16.9 Å². The van der Waals surface area contributed by atoms with Gasteiger partial charge in [0, 0.05) is 54.7 Å². The Balaban J connectivity index is 0.813. The van der Waals surface area contributed by atoms with Crippen molar-refractivity contribution in [1.29, 1.82) is 0 Å². The second-order valence-electron chi connectivity index (χ2n) is 19.3. The van der Waals surface area contributed by atoms with Gasteiger partial charge < -0.3 is 86.5 Å². The normalized spacial score (nSPS) is 12.9. The third-order valence-electron chi connectivity index (χ3n) is 11.9. The number of nitrogens with one attached hydrogen (secondary N) is 1. The fraction of sp³-hybridized carbons (Fsp3) is 0.621. The summed E-state index contributed by atoms with van der Waals surface area (Å²) < 4.78 is 162. The Bertz CT molecular complexity index is 2690. The number of benzene rings is 2. The van der Waals surface area contributed by atoms with Crippen molar-refractivity contribution in [1.82, 2.24) is 20.3 Å². The molecule has 0 aliphatic carbocycles. The zero-order valence-corrected chi connectivity index (χ0v) is 52.1. The molecule has 0 bridgehead atoms. The molecule has 32 heteroatoms. The minimum atomic E-state index is -6.23. The number of hydrogen-bond donors (Lipinski definition) is 4. The number of hydroxylamine groups is 2. The summed E-state index contributed by atoms with van der Waals surface area (Å²) in [6.07, 6.45) is 5.79. The molecule has 1 aliphatic heterocycles. The highest BCUT2D eigenvalue weighted by atomic mass is 32.3. The van der Waals surface area contributed by atoms with E-state index in [1.54, 1.807) is 18.5 Å². The average molecular weight is 1310 g/mol. The number of aliphatic imine (C=N–C) groups is 1. The highest BCUT2D eigenvalue weighted by molar-refractivity contribution is 8.09. The summed E-state index contributed by atoms with van der Waals surface area (Å²) in [5.74, 6) is -12.1. The minimum absolute atomic E-state index is 0.0220. The average Bonchev–Trinajstić information content (AvgIpc) is 0.812. The van der Waals surface area contributed by atoms with E-state index in [0.29, 0.717) is 168 Å². The van der Waals surface area contributed by atoms with Crippen LogP contribution >= 0.6 is 0 Å². The number of hydrogen-bond acceptors (Lipinski definition) is 23. The van der Waals surface area contributed by atoms with Gasteiger partial charge in [-0.1, -0.05) is 19.1 Å². The summed E-state index contributed by atoms with van der Waals surface area (Å²) in [4.78, 5) is 54.3. The van der Waals surface area contributed by atoms with Crippen molar-refractivity contribution >= 4 is 45.0 Å². The Morgan fingerprint density at radius 3 is 1.38 bits per heavy atom. The van der Waals surface area contributed by atoms with Gasteiger partial charge in [-0.3, -0.25) is 19.2 Å². The second-order valence-corrected chi connectivity index (χ2v) is 22.2. The van der Waals surface area contributed by atoms with Gasteiger partial charge in [0.2, 0.25) is 23.3 Å². The molecule has 0 atom stereocenters. The van der Waals surface area contributed by atoms with Gasteiger partial charge >= 0.3 is 5.97 Å². The van der Waals surface area contributed by atoms with E-state index in [1.807, 2.05) is 32.0 Å². The number of esters is 1. The number of halogens is 4. The van der Waals surface area contributed by atoms with Crippen LogP contribution in [0.2, 0.25) is 0 Å². The van der Waals surface area contributed by atoms with Crippen LogP contribution in [-0.4, -0.2) is 243 Å². The fourth-order valence-corrected chi connectivity index (χ4v) is 8.64. The second kappa shape index (κ2) is 44.0. The first-order chi connectivity index (χ1) is 43.4. The Morgan fingerprint density at radius 2 is 0.989 bits per heavy atom. The van der Waals surface area contributed by atoms with E-state index in [-0.39, 0.29) is 77.1 Å². The molecule has 0 saturated heterocycles. The maximum Gasteiger partial charge on any atom is 0.313 e. The van der Waals surface area contributed by atoms with E-state index in [2.05, 4.69) is 25.0 Å². The molecule has 2 aromatic carbocycles. The number of amidine groups is 1. The van der Waals surface area contributed by atoms with Crippen LogP contribution in [0.25, 0.3) is 17.2 Å². The van der Waals surface area contributed by atoms with Crippen LogP contribution in [0.15, 0.2) is 46.1 Å². The predicted molar refractivity (Wildman–Crippen MR) is 316 cm³/mol. The van der Waals surface area contributed by atoms with Crippen molar-refractivity contribution in [2.75, 3.05) is 191 Å². The van der Waals surface area contributed by atoms with Gasteiger partial charge in [-0.2, -0.15) is 8.78 Å². The zero-order valence-electron chi connectivity index (χ0n) is 51.2. The van der Waals surface area contributed by atoms with E-state index in [0.717, 1.165) is 23.1 Å². The molecule has 2 amide bonds. The fourth-order valence-electron chi connectivity index (χ4n) is 7.63. The Kier molecular flexibility index (Phi) is 37.6. The van der Waals surface area contributed by atoms with E-state index in [1.165, 1.54) is 5.06 Å². The Morgan fingerprint density at radius 1 is 0.589 bits per heavy atom. The van der Waals surface area contributed by atoms with Crippen molar-refractivity contribution in [3.05, 3.63) is 70.8 Å². The predicted octanol–water partition coefficient (Wildman–Crippen LogP) is 4.64. The molecule has 508 valence electrons. The van der Waals surface area contributed by atoms with Gasteiger partial charge in [-0.05, 0) is 31.1 Å². The lowest BCUT2D eigenvalue weighted by atomic mass is 10.0. The molecule has 90 heavy (non-hydrogen) atoms. The molecule has 0 fully saturated rings. The van der Waals surface area contributed by atoms with E-state index in [9.17, 15) is 45.3 Å². The van der Waals surface area contributed by atoms with Gasteiger partial charge in [0.05, 0.1) is 197 Å². The monoisotopic (exact) mass is 1310 g/mol. The van der Waals surface area contributed by atoms with E-state index in [4.69, 9.17) is 72.2 Å². The highest BCUT2D eigenvalue weighted by Crippen LogP contribution is 2.38. The van der Waals surface area contributed by atoms with Crippen LogP contribution in [-0.2, 0) is 97.0 Å². The van der Waals surface area contributed by atoms with Gasteiger partial charge in [-0.15, -0.1) is 0 Å². The van der Waals surface area contributed by atoms with Crippen LogP contribution in [0.3, 0.4) is 0 Å². The lowest BCUT2D eigenvalue weighted by Crippen LogP contribution is -2.34. The molecule has 2 heterocycles. The molecule has 1 aliphatic rings. The number of aromatic nitrogens is 2. The SMILES string of the molecule is CCCN(OCC)C(=O)C1=Cc2ccc(-c3cnc(CNC(=O)CCOCCOCCOCCOCCOCCOCCOCCOCCOCCOCCOCCOCCOCCC(=O)Oc4c(F)c(F)c(S(C)(=O)(O)O)c(F)c4F)nc3)cc2N=C(N)C1. The molecule has 0 unspecified atom stereocenters. The number of carbonyl (C=O) groups excluding carboxylic acids is 3. The molecule has 0 saturated carbocycles. The summed E-state index contributed by atoms with van der Waals surface area (Å²) in [6.45, 7) is 13.2. The maximum absolute atomic E-state index is 14.2. The topological polar surface area (TPSA) is 327 Å². The number of amides is 2. The number of rotatable bonds is 52. The quantitative estimate of drug-likeness (QED) is 0.0149. The largest absolute Gasteiger partial charge is 0.420 e. The molecular weight excluding hydrogens is 1220 g/mol. The molecule has 4 rings (SSSR count). The molecule has 0 radical (unpaired) electrons. The van der Waals surface area contributed by atoms with E-state index >= 15 is 0 Å². The Hall–Kier alpha value is -5.63. The molecule has 27 nitrogen and oxygen atoms in total. The van der Waals surface area contributed by atoms with Gasteiger partial charge in [0.1, 0.15) is 26.2 Å². The standard InChI is InChI=1S/C58H86F4N6O21S/c1-4-10-68(88-5-2)58(71)45-37-44-7-6-43(38-47(44)67-48(63)39-45)46-40-64-49(65-41-46)42-66-50(69)8-11-75-13-15-77-17-19-79-21-23-81-25-27-83-29-31-85-33-35-87-36-34-86-32-30-84-28-26-82-24-22-80-20-18-78-16-14-76-12-9-51(70)89-56-52(59)54(61)57(55(62)53(56)60)90(3,72,73)74/h6-7,37-38,40-41H,4-5,8-36,39,42H2,1-3H3,(H2,63,67)(H,66,69)(H2,72,73,74). The first-order valence-corrected chi connectivity index (χ1v) is 31.6. The smallest absolute Gasteiger partial charge is 0.313 e. The summed E-state index contributed by atoms with van der Waals surface area (Å²) >= 11 is 0. The summed E-state index contributed by atoms with van der Waals surface area (Å²) in [7, 11) is -6.23. The molecular formula is C58H86F4N6O21S. The minimum Gasteiger partial charge on any atom is -0.420 e. The van der Waals surface area contributed by atoms with Crippen molar-refractivity contribution < 1.29 is 116 Å². The van der Waals surface area contributed by atoms with Crippen LogP contribution in [0.4, 0.5) is 23.2 Å². The third-order valence-corrected chi connectivity index (χ3v) is 13.2. The first-order valence-electron chi connectivity index (χ1n) is 29.3. The molecule has 0 spiro atoms. The van der Waals surface area contributed by atoms with Crippen molar-refractivity contribution in [2.45, 2.75) is 51.0 Å². The summed E-state index contributed by atoms with van der Waals surface area (Å²) in [6, 6.07) is 5.66. The van der Waals surface area contributed by atoms with Crippen molar-refractivity contribution in [2.24, 2.45) is 10.7 Å². The number of carbonyl (C=O) groups is 3. The number of ether oxygens (including phenoxy) is 14. The molecule has 5 N–H and O–H groups in total. The zero-order chi connectivity index (χ0) is 65.3. The molecule has 3 aromatic rings.